The van der Waals surface area contributed by atoms with Gasteiger partial charge in [-0.1, -0.05) is 18.2 Å². The first-order valence-electron chi connectivity index (χ1n) is 5.71. The molecule has 0 aliphatic carbocycles. The summed E-state index contributed by atoms with van der Waals surface area (Å²) >= 11 is 0. The van der Waals surface area contributed by atoms with Gasteiger partial charge in [0.25, 0.3) is 0 Å². The lowest BCUT2D eigenvalue weighted by atomic mass is 9.99. The molecule has 2 heterocycles. The molecule has 0 radical (unpaired) electrons. The number of rotatable bonds is 2. The van der Waals surface area contributed by atoms with Gasteiger partial charge < -0.3 is 5.73 Å². The molecule has 3 rings (SSSR count). The number of nitrogens with two attached hydrogens (primary N) is 1. The molecule has 2 aromatic heterocycles. The van der Waals surface area contributed by atoms with E-state index in [2.05, 4.69) is 15.0 Å². The van der Waals surface area contributed by atoms with Crippen LogP contribution in [0.4, 0.5) is 0 Å². The zero-order chi connectivity index (χ0) is 12.4. The minimum atomic E-state index is -0.263. The Bertz CT molecular complexity index is 661. The fraction of sp³-hybridized carbons (Fsp3) is 0.0714. The van der Waals surface area contributed by atoms with Crippen molar-refractivity contribution < 1.29 is 0 Å². The molecular weight excluding hydrogens is 224 g/mol. The fourth-order valence-electron chi connectivity index (χ4n) is 2.04. The van der Waals surface area contributed by atoms with E-state index in [0.29, 0.717) is 0 Å². The standard InChI is InChI=1S/C14H12N4/c15-14(13-6-8-16-9-18-13)11-3-1-5-12-10(11)4-2-7-17-12/h1-9,14H,15H2. The average Bonchev–Trinajstić information content (AvgIpc) is 2.47. The molecule has 0 fully saturated rings. The van der Waals surface area contributed by atoms with Crippen LogP contribution in [0, 0.1) is 0 Å². The van der Waals surface area contributed by atoms with Gasteiger partial charge in [-0.25, -0.2) is 9.97 Å². The molecule has 1 aromatic carbocycles. The highest BCUT2D eigenvalue weighted by atomic mass is 14.8. The molecule has 0 amide bonds. The van der Waals surface area contributed by atoms with Crippen LogP contribution in [0.5, 0.6) is 0 Å². The second-order valence-corrected chi connectivity index (χ2v) is 4.03. The minimum absolute atomic E-state index is 0.263. The van der Waals surface area contributed by atoms with E-state index < -0.39 is 0 Å². The Balaban J connectivity index is 2.15. The number of benzene rings is 1. The van der Waals surface area contributed by atoms with Gasteiger partial charge in [0.2, 0.25) is 0 Å². The Morgan fingerprint density at radius 1 is 0.944 bits per heavy atom. The highest BCUT2D eigenvalue weighted by molar-refractivity contribution is 5.82. The van der Waals surface area contributed by atoms with Crippen molar-refractivity contribution >= 4 is 10.9 Å². The lowest BCUT2D eigenvalue weighted by molar-refractivity contribution is 0.826. The van der Waals surface area contributed by atoms with E-state index in [9.17, 15) is 0 Å². The third-order valence-electron chi connectivity index (χ3n) is 2.94. The molecule has 0 bridgehead atoms. The summed E-state index contributed by atoms with van der Waals surface area (Å²) in [4.78, 5) is 12.4. The van der Waals surface area contributed by atoms with Gasteiger partial charge in [0.05, 0.1) is 17.3 Å². The first-order chi connectivity index (χ1) is 8.86. The quantitative estimate of drug-likeness (QED) is 0.739. The molecule has 18 heavy (non-hydrogen) atoms. The summed E-state index contributed by atoms with van der Waals surface area (Å²) < 4.78 is 0. The highest BCUT2D eigenvalue weighted by Gasteiger charge is 2.13. The van der Waals surface area contributed by atoms with E-state index in [1.54, 1.807) is 12.4 Å². The molecule has 0 aliphatic heterocycles. The van der Waals surface area contributed by atoms with Crippen molar-refractivity contribution in [3.05, 3.63) is 66.4 Å². The van der Waals surface area contributed by atoms with Crippen molar-refractivity contribution in [1.29, 1.82) is 0 Å². The van der Waals surface area contributed by atoms with Crippen molar-refractivity contribution in [2.24, 2.45) is 5.73 Å². The summed E-state index contributed by atoms with van der Waals surface area (Å²) in [7, 11) is 0. The monoisotopic (exact) mass is 236 g/mol. The Morgan fingerprint density at radius 2 is 1.89 bits per heavy atom. The molecule has 4 heteroatoms. The van der Waals surface area contributed by atoms with Gasteiger partial charge in [0.1, 0.15) is 6.33 Å². The number of aromatic nitrogens is 3. The molecule has 0 aliphatic rings. The molecule has 3 aromatic rings. The van der Waals surface area contributed by atoms with E-state index in [-0.39, 0.29) is 6.04 Å². The molecule has 0 saturated heterocycles. The largest absolute Gasteiger partial charge is 0.319 e. The minimum Gasteiger partial charge on any atom is -0.319 e. The lowest BCUT2D eigenvalue weighted by Crippen LogP contribution is -2.14. The summed E-state index contributed by atoms with van der Waals surface area (Å²) in [5, 5.41) is 1.06. The SMILES string of the molecule is NC(c1ccncn1)c1cccc2ncccc12. The van der Waals surface area contributed by atoms with Crippen LogP contribution < -0.4 is 5.73 Å². The van der Waals surface area contributed by atoms with Crippen LogP contribution in [-0.4, -0.2) is 15.0 Å². The van der Waals surface area contributed by atoms with E-state index in [1.807, 2.05) is 36.4 Å². The smallest absolute Gasteiger partial charge is 0.115 e. The van der Waals surface area contributed by atoms with Gasteiger partial charge in [0.15, 0.2) is 0 Å². The van der Waals surface area contributed by atoms with Crippen LogP contribution in [0.15, 0.2) is 55.1 Å². The van der Waals surface area contributed by atoms with Gasteiger partial charge in [0, 0.05) is 17.8 Å². The van der Waals surface area contributed by atoms with Crippen molar-refractivity contribution in [1.82, 2.24) is 15.0 Å². The highest BCUT2D eigenvalue weighted by Crippen LogP contribution is 2.24. The number of hydrogen-bond donors (Lipinski definition) is 1. The maximum atomic E-state index is 6.26. The normalized spacial score (nSPS) is 12.5. The molecule has 4 nitrogen and oxygen atoms in total. The predicted molar refractivity (Wildman–Crippen MR) is 69.8 cm³/mol. The van der Waals surface area contributed by atoms with E-state index in [1.165, 1.54) is 6.33 Å². The molecule has 88 valence electrons. The van der Waals surface area contributed by atoms with Crippen molar-refractivity contribution in [2.45, 2.75) is 6.04 Å². The fourth-order valence-corrected chi connectivity index (χ4v) is 2.04. The van der Waals surface area contributed by atoms with E-state index >= 15 is 0 Å². The Kier molecular flexibility index (Phi) is 2.70. The van der Waals surface area contributed by atoms with Crippen molar-refractivity contribution in [3.63, 3.8) is 0 Å². The number of nitrogens with zero attached hydrogens (tertiary/aromatic N) is 3. The van der Waals surface area contributed by atoms with Crippen LogP contribution in [0.2, 0.25) is 0 Å². The number of pyridine rings is 1. The topological polar surface area (TPSA) is 64.7 Å². The second kappa shape index (κ2) is 4.50. The third kappa shape index (κ3) is 1.83. The second-order valence-electron chi connectivity index (χ2n) is 4.03. The molecule has 1 atom stereocenters. The molecule has 0 saturated carbocycles. The first kappa shape index (κ1) is 10.8. The van der Waals surface area contributed by atoms with Crippen LogP contribution in [-0.2, 0) is 0 Å². The van der Waals surface area contributed by atoms with Crippen molar-refractivity contribution in [3.8, 4) is 0 Å². The van der Waals surface area contributed by atoms with Crippen LogP contribution >= 0.6 is 0 Å². The van der Waals surface area contributed by atoms with Gasteiger partial charge in [-0.15, -0.1) is 0 Å². The van der Waals surface area contributed by atoms with Gasteiger partial charge >= 0.3 is 0 Å². The molecule has 0 spiro atoms. The first-order valence-corrected chi connectivity index (χ1v) is 5.71. The van der Waals surface area contributed by atoms with Gasteiger partial charge in [-0.3, -0.25) is 4.98 Å². The molecule has 1 unspecified atom stereocenters. The summed E-state index contributed by atoms with van der Waals surface area (Å²) in [5.74, 6) is 0. The van der Waals surface area contributed by atoms with E-state index in [4.69, 9.17) is 5.73 Å². The summed E-state index contributed by atoms with van der Waals surface area (Å²) in [6.07, 6.45) is 4.99. The average molecular weight is 236 g/mol. The van der Waals surface area contributed by atoms with Gasteiger partial charge in [-0.2, -0.15) is 0 Å². The van der Waals surface area contributed by atoms with Crippen LogP contribution in [0.1, 0.15) is 17.3 Å². The van der Waals surface area contributed by atoms with Crippen LogP contribution in [0.25, 0.3) is 10.9 Å². The maximum absolute atomic E-state index is 6.26. The molecular formula is C14H12N4. The zero-order valence-electron chi connectivity index (χ0n) is 9.69. The number of fused-ring (bicyclic) bond motifs is 1. The maximum Gasteiger partial charge on any atom is 0.115 e. The zero-order valence-corrected chi connectivity index (χ0v) is 9.69. The predicted octanol–water partition coefficient (Wildman–Crippen LogP) is 2.07. The third-order valence-corrected chi connectivity index (χ3v) is 2.94. The van der Waals surface area contributed by atoms with Gasteiger partial charge in [-0.05, 0) is 23.8 Å². The summed E-state index contributed by atoms with van der Waals surface area (Å²) in [6, 6.07) is 11.5. The summed E-state index contributed by atoms with van der Waals surface area (Å²) in [5.41, 5.74) is 9.04. The summed E-state index contributed by atoms with van der Waals surface area (Å²) in [6.45, 7) is 0. The Morgan fingerprint density at radius 3 is 2.72 bits per heavy atom. The molecule has 2 N–H and O–H groups in total. The van der Waals surface area contributed by atoms with E-state index in [0.717, 1.165) is 22.2 Å². The van der Waals surface area contributed by atoms with Crippen molar-refractivity contribution in [2.75, 3.05) is 0 Å². The number of hydrogen-bond acceptors (Lipinski definition) is 4. The Hall–Kier alpha value is -2.33. The Labute approximate surface area is 105 Å². The van der Waals surface area contributed by atoms with Crippen LogP contribution in [0.3, 0.4) is 0 Å². The lowest BCUT2D eigenvalue weighted by Gasteiger charge is -2.13.